The predicted molar refractivity (Wildman–Crippen MR) is 81.4 cm³/mol. The van der Waals surface area contributed by atoms with E-state index in [2.05, 4.69) is 18.2 Å². The molecule has 108 valence electrons. The van der Waals surface area contributed by atoms with Gasteiger partial charge in [-0.2, -0.15) is 0 Å². The molecule has 0 saturated heterocycles. The first-order chi connectivity index (χ1) is 9.74. The van der Waals surface area contributed by atoms with Gasteiger partial charge < -0.3 is 14.8 Å². The van der Waals surface area contributed by atoms with Crippen LogP contribution in [0.5, 0.6) is 11.5 Å². The molecule has 0 saturated carbocycles. The second-order valence-electron chi connectivity index (χ2n) is 4.85. The summed E-state index contributed by atoms with van der Waals surface area (Å²) in [7, 11) is 0. The maximum absolute atomic E-state index is 6.27. The van der Waals surface area contributed by atoms with Crippen molar-refractivity contribution in [3.05, 3.63) is 22.7 Å². The van der Waals surface area contributed by atoms with Crippen LogP contribution in [0.3, 0.4) is 0 Å². The lowest BCUT2D eigenvalue weighted by Gasteiger charge is -2.16. The first kappa shape index (κ1) is 15.0. The number of ether oxygens (including phenoxy) is 2. The average Bonchev–Trinajstić information content (AvgIpc) is 2.69. The summed E-state index contributed by atoms with van der Waals surface area (Å²) in [6, 6.07) is 4.24. The summed E-state index contributed by atoms with van der Waals surface area (Å²) in [5.74, 6) is 4.08. The molecular formula is C16H20ClNO2. The molecular weight excluding hydrogens is 274 g/mol. The van der Waals surface area contributed by atoms with E-state index in [-0.39, 0.29) is 0 Å². The molecule has 1 aliphatic heterocycles. The van der Waals surface area contributed by atoms with Gasteiger partial charge >= 0.3 is 0 Å². The predicted octanol–water partition coefficient (Wildman–Crippen LogP) is 3.39. The van der Waals surface area contributed by atoms with Crippen LogP contribution >= 0.6 is 11.6 Å². The van der Waals surface area contributed by atoms with E-state index in [0.717, 1.165) is 37.1 Å². The highest BCUT2D eigenvalue weighted by molar-refractivity contribution is 6.32. The summed E-state index contributed by atoms with van der Waals surface area (Å²) in [5, 5.41) is 4.04. The zero-order valence-corrected chi connectivity index (χ0v) is 12.5. The van der Waals surface area contributed by atoms with Gasteiger partial charge in [0.25, 0.3) is 0 Å². The van der Waals surface area contributed by atoms with Crippen LogP contribution in [0.1, 0.15) is 31.7 Å². The highest BCUT2D eigenvalue weighted by Gasteiger charge is 2.15. The highest BCUT2D eigenvalue weighted by Crippen LogP contribution is 2.37. The summed E-state index contributed by atoms with van der Waals surface area (Å²) >= 11 is 6.27. The van der Waals surface area contributed by atoms with Gasteiger partial charge in [0.15, 0.2) is 11.5 Å². The zero-order valence-electron chi connectivity index (χ0n) is 11.7. The van der Waals surface area contributed by atoms with Gasteiger partial charge in [0.1, 0.15) is 0 Å². The largest absolute Gasteiger partial charge is 0.489 e. The van der Waals surface area contributed by atoms with Gasteiger partial charge in [-0.15, -0.1) is 12.3 Å². The Labute approximate surface area is 125 Å². The third-order valence-corrected chi connectivity index (χ3v) is 3.59. The first-order valence-electron chi connectivity index (χ1n) is 6.99. The molecule has 1 aromatic carbocycles. The third-order valence-electron chi connectivity index (χ3n) is 3.31. The maximum Gasteiger partial charge on any atom is 0.179 e. The average molecular weight is 294 g/mol. The van der Waals surface area contributed by atoms with Gasteiger partial charge in [0, 0.05) is 25.4 Å². The molecule has 0 amide bonds. The summed E-state index contributed by atoms with van der Waals surface area (Å²) in [6.45, 7) is 4.14. The molecule has 0 spiro atoms. The Bertz CT molecular complexity index is 496. The highest BCUT2D eigenvalue weighted by atomic mass is 35.5. The van der Waals surface area contributed by atoms with Crippen LogP contribution in [-0.2, 0) is 6.54 Å². The molecule has 20 heavy (non-hydrogen) atoms. The summed E-state index contributed by atoms with van der Waals surface area (Å²) in [4.78, 5) is 0. The Hall–Kier alpha value is -1.37. The van der Waals surface area contributed by atoms with Gasteiger partial charge in [0.2, 0.25) is 0 Å². The fourth-order valence-electron chi connectivity index (χ4n) is 2.15. The number of benzene rings is 1. The SMILES string of the molecule is C#CCC(CC)NCc1cc(Cl)c2c(c1)OCCCO2. The Kier molecular flexibility index (Phi) is 5.58. The molecule has 1 unspecified atom stereocenters. The van der Waals surface area contributed by atoms with Crippen molar-refractivity contribution in [2.75, 3.05) is 13.2 Å². The second kappa shape index (κ2) is 7.42. The minimum atomic E-state index is 0.328. The number of fused-ring (bicyclic) bond motifs is 1. The molecule has 1 aromatic rings. The van der Waals surface area contributed by atoms with Crippen molar-refractivity contribution >= 4 is 11.6 Å². The van der Waals surface area contributed by atoms with Crippen LogP contribution in [0.15, 0.2) is 12.1 Å². The number of hydrogen-bond acceptors (Lipinski definition) is 3. The molecule has 1 atom stereocenters. The molecule has 0 aromatic heterocycles. The van der Waals surface area contributed by atoms with E-state index in [4.69, 9.17) is 27.5 Å². The number of hydrogen-bond donors (Lipinski definition) is 1. The Morgan fingerprint density at radius 3 is 2.95 bits per heavy atom. The molecule has 0 aliphatic carbocycles. The molecule has 1 N–H and O–H groups in total. The molecule has 0 fully saturated rings. The Morgan fingerprint density at radius 2 is 2.20 bits per heavy atom. The fourth-order valence-corrected chi connectivity index (χ4v) is 2.44. The smallest absolute Gasteiger partial charge is 0.179 e. The lowest BCUT2D eigenvalue weighted by Crippen LogP contribution is -2.27. The summed E-state index contributed by atoms with van der Waals surface area (Å²) in [5.41, 5.74) is 1.08. The van der Waals surface area contributed by atoms with Crippen molar-refractivity contribution in [1.29, 1.82) is 0 Å². The third kappa shape index (κ3) is 3.82. The van der Waals surface area contributed by atoms with E-state index < -0.39 is 0 Å². The fraction of sp³-hybridized carbons (Fsp3) is 0.500. The van der Waals surface area contributed by atoms with Crippen LogP contribution < -0.4 is 14.8 Å². The van der Waals surface area contributed by atoms with E-state index in [9.17, 15) is 0 Å². The van der Waals surface area contributed by atoms with Crippen LogP contribution in [0.25, 0.3) is 0 Å². The number of rotatable bonds is 5. The van der Waals surface area contributed by atoms with Crippen molar-refractivity contribution in [1.82, 2.24) is 5.32 Å². The lowest BCUT2D eigenvalue weighted by atomic mass is 10.1. The number of halogens is 1. The monoisotopic (exact) mass is 293 g/mol. The molecule has 3 nitrogen and oxygen atoms in total. The first-order valence-corrected chi connectivity index (χ1v) is 7.37. The van der Waals surface area contributed by atoms with Crippen molar-refractivity contribution < 1.29 is 9.47 Å². The van der Waals surface area contributed by atoms with Crippen molar-refractivity contribution in [2.24, 2.45) is 0 Å². The van der Waals surface area contributed by atoms with Crippen molar-refractivity contribution in [3.63, 3.8) is 0 Å². The Morgan fingerprint density at radius 1 is 1.40 bits per heavy atom. The van der Waals surface area contributed by atoms with Crippen molar-refractivity contribution in [3.8, 4) is 23.8 Å². The van der Waals surface area contributed by atoms with E-state index in [1.54, 1.807) is 0 Å². The van der Waals surface area contributed by atoms with Crippen LogP contribution in [0, 0.1) is 12.3 Å². The van der Waals surface area contributed by atoms with Gasteiger partial charge in [0.05, 0.1) is 18.2 Å². The van der Waals surface area contributed by atoms with E-state index in [1.165, 1.54) is 0 Å². The lowest BCUT2D eigenvalue weighted by molar-refractivity contribution is 0.297. The minimum absolute atomic E-state index is 0.328. The van der Waals surface area contributed by atoms with Crippen LogP contribution in [-0.4, -0.2) is 19.3 Å². The second-order valence-corrected chi connectivity index (χ2v) is 5.26. The quantitative estimate of drug-likeness (QED) is 0.844. The minimum Gasteiger partial charge on any atom is -0.489 e. The molecule has 2 rings (SSSR count). The van der Waals surface area contributed by atoms with Crippen LogP contribution in [0.4, 0.5) is 0 Å². The van der Waals surface area contributed by atoms with Gasteiger partial charge in [-0.3, -0.25) is 0 Å². The normalized spacial score (nSPS) is 15.2. The molecule has 4 heteroatoms. The topological polar surface area (TPSA) is 30.5 Å². The van der Waals surface area contributed by atoms with E-state index in [1.807, 2.05) is 12.1 Å². The molecule has 0 bridgehead atoms. The standard InChI is InChI=1S/C16H20ClNO2/c1-3-6-13(4-2)18-11-12-9-14(17)16-15(10-12)19-7-5-8-20-16/h1,9-10,13,18H,4-8,11H2,2H3. The molecule has 0 radical (unpaired) electrons. The van der Waals surface area contributed by atoms with E-state index in [0.29, 0.717) is 30.0 Å². The van der Waals surface area contributed by atoms with Gasteiger partial charge in [-0.05, 0) is 24.1 Å². The molecule has 1 heterocycles. The van der Waals surface area contributed by atoms with E-state index >= 15 is 0 Å². The summed E-state index contributed by atoms with van der Waals surface area (Å²) < 4.78 is 11.3. The maximum atomic E-state index is 6.27. The Balaban J connectivity index is 2.08. The molecule has 1 aliphatic rings. The van der Waals surface area contributed by atoms with Crippen LogP contribution in [0.2, 0.25) is 5.02 Å². The summed E-state index contributed by atoms with van der Waals surface area (Å²) in [6.07, 6.45) is 7.97. The van der Waals surface area contributed by atoms with Gasteiger partial charge in [-0.25, -0.2) is 0 Å². The van der Waals surface area contributed by atoms with Gasteiger partial charge in [-0.1, -0.05) is 18.5 Å². The number of nitrogens with one attached hydrogen (secondary N) is 1. The number of terminal acetylenes is 1. The zero-order chi connectivity index (χ0) is 14.4. The van der Waals surface area contributed by atoms with Crippen molar-refractivity contribution in [2.45, 2.75) is 38.8 Å².